The number of nitrogens with two attached hydrogens (primary N) is 2. The fraction of sp³-hybridized carbons (Fsp3) is 0.481. The van der Waals surface area contributed by atoms with Gasteiger partial charge in [-0.05, 0) is 95.9 Å². The third-order valence-electron chi connectivity index (χ3n) is 11.7. The van der Waals surface area contributed by atoms with E-state index in [-0.39, 0.29) is 87.4 Å². The number of phenolic OH excluding ortho intramolecular Hbond substituents is 1. The lowest BCUT2D eigenvalue weighted by Crippen LogP contribution is -2.58. The summed E-state index contributed by atoms with van der Waals surface area (Å²) >= 11 is 0. The van der Waals surface area contributed by atoms with Gasteiger partial charge < -0.3 is 58.9 Å². The molecule has 0 bridgehead atoms. The van der Waals surface area contributed by atoms with Gasteiger partial charge in [0, 0.05) is 39.4 Å². The largest absolute Gasteiger partial charge is 0.506 e. The molecule has 0 unspecified atom stereocenters. The fourth-order valence-corrected chi connectivity index (χ4v) is 6.86. The Morgan fingerprint density at radius 1 is 0.753 bits per heavy atom. The number of phenols is 1. The fourth-order valence-electron chi connectivity index (χ4n) is 6.86. The van der Waals surface area contributed by atoms with Crippen LogP contribution in [-0.2, 0) is 58.2 Å². The number of guanidine groups is 1. The molecule has 1 aromatic heterocycles. The van der Waals surface area contributed by atoms with Crippen LogP contribution in [0.15, 0.2) is 74.3 Å². The van der Waals surface area contributed by atoms with Gasteiger partial charge in [-0.2, -0.15) is 4.68 Å². The number of aliphatic carboxylic acids is 1. The first-order valence-electron chi connectivity index (χ1n) is 25.0. The second-order valence-electron chi connectivity index (χ2n) is 18.2. The first-order valence-corrected chi connectivity index (χ1v) is 25.0. The maximum Gasteiger partial charge on any atom is 0.351 e. The number of unbranched alkanes of at least 4 members (excludes halogenated alkanes) is 1. The van der Waals surface area contributed by atoms with Crippen molar-refractivity contribution in [2.75, 3.05) is 26.2 Å². The monoisotopic (exact) mass is 1070 g/mol. The number of allylic oxidation sites excluding steroid dienone is 2. The normalized spacial score (nSPS) is 16.7. The first kappa shape index (κ1) is 64.4. The molecule has 25 heteroatoms. The van der Waals surface area contributed by atoms with E-state index in [2.05, 4.69) is 80.9 Å². The zero-order chi connectivity index (χ0) is 57.6. The van der Waals surface area contributed by atoms with Crippen LogP contribution in [0, 0.1) is 12.3 Å². The summed E-state index contributed by atoms with van der Waals surface area (Å²) in [6, 6.07) is 8.23. The predicted molar refractivity (Wildman–Crippen MR) is 288 cm³/mol. The molecule has 3 aromatic rings. The molecule has 4 atom stereocenters. The number of aromatic nitrogens is 3. The van der Waals surface area contributed by atoms with Crippen LogP contribution in [0.2, 0.25) is 0 Å². The van der Waals surface area contributed by atoms with Gasteiger partial charge in [0.1, 0.15) is 35.6 Å². The van der Waals surface area contributed by atoms with E-state index in [9.17, 15) is 58.2 Å². The summed E-state index contributed by atoms with van der Waals surface area (Å²) in [5, 5.41) is 39.3. The molecule has 2 heterocycles. The smallest absolute Gasteiger partial charge is 0.351 e. The number of carbonyl (C=O) groups excluding carboxylic acids is 7. The van der Waals surface area contributed by atoms with Crippen LogP contribution in [0.25, 0.3) is 5.69 Å². The zero-order valence-corrected chi connectivity index (χ0v) is 44.6. The standard InChI is InChI=1S/C35H50N10O9.C11H13N3O3.C6H12/c1-2-16-38-27(46)14-8-15-28(47)39-17-7-6-12-24-32(52)43-23(13-9-18-40-35(36)37)31(51)41-21-29(48)42-26(20-30(49)50)34(54)45-25(33(53)44-24)19-22-10-4-3-5-11-22;1-3-7-4-5-9(15)8(6-7)14-11(17)13(2)10(16)12-14;1-5(2)6(3)4/h1,3-5,10-11,23-26H,6-9,12-21H2,(H,38,46)(H,39,47)(H,41,51)(H,42,48)(H,43,52)(H,44,53)(H,45,54)(H,49,50)(H4,36,37,40);4-6,15H,3H2,1-2H3,(H,12,16);1-4H3/t23-,24-,25-,26+;;/m0../s1. The van der Waals surface area contributed by atoms with E-state index < -0.39 is 84.0 Å². The molecule has 1 fully saturated rings. The van der Waals surface area contributed by atoms with Gasteiger partial charge in [-0.3, -0.25) is 43.3 Å². The Hall–Kier alpha value is -8.69. The van der Waals surface area contributed by atoms with E-state index in [1.54, 1.807) is 42.5 Å². The van der Waals surface area contributed by atoms with Crippen LogP contribution in [0.3, 0.4) is 0 Å². The molecule has 2 aromatic carbocycles. The maximum atomic E-state index is 13.8. The Bertz CT molecular complexity index is 2700. The second kappa shape index (κ2) is 34.0. The molecule has 420 valence electrons. The molecule has 25 nitrogen and oxygen atoms in total. The van der Waals surface area contributed by atoms with Crippen LogP contribution in [-0.4, -0.2) is 128 Å². The van der Waals surface area contributed by atoms with Gasteiger partial charge in [-0.25, -0.2) is 19.3 Å². The summed E-state index contributed by atoms with van der Waals surface area (Å²) in [6.45, 7) is 10.3. The molecule has 1 aliphatic rings. The molecule has 77 heavy (non-hydrogen) atoms. The topological polar surface area (TPSA) is 385 Å². The number of nitrogens with zero attached hydrogens (tertiary/aromatic N) is 3. The molecular formula is C52H75N13O12. The summed E-state index contributed by atoms with van der Waals surface area (Å²) in [5.74, 6) is -4.00. The van der Waals surface area contributed by atoms with Gasteiger partial charge >= 0.3 is 17.3 Å². The van der Waals surface area contributed by atoms with Crippen LogP contribution in [0.5, 0.6) is 5.75 Å². The zero-order valence-electron chi connectivity index (χ0n) is 44.6. The molecular weight excluding hydrogens is 999 g/mol. The van der Waals surface area contributed by atoms with E-state index in [0.29, 0.717) is 24.8 Å². The number of hydrogen-bond donors (Lipinski definition) is 12. The van der Waals surface area contributed by atoms with Crippen molar-refractivity contribution in [2.45, 2.75) is 129 Å². The van der Waals surface area contributed by atoms with Crippen molar-refractivity contribution >= 4 is 53.3 Å². The molecule has 0 spiro atoms. The number of nitrogens with one attached hydrogen (secondary N) is 8. The van der Waals surface area contributed by atoms with Crippen molar-refractivity contribution in [1.82, 2.24) is 51.6 Å². The lowest BCUT2D eigenvalue weighted by atomic mass is 10.0. The molecule has 4 rings (SSSR count). The van der Waals surface area contributed by atoms with E-state index in [1.807, 2.05) is 6.92 Å². The number of carbonyl (C=O) groups is 8. The van der Waals surface area contributed by atoms with Crippen LogP contribution in [0.1, 0.15) is 104 Å². The lowest BCUT2D eigenvalue weighted by molar-refractivity contribution is -0.141. The molecule has 0 aliphatic carbocycles. The number of aliphatic imine (C=N–C) groups is 1. The molecule has 0 saturated carbocycles. The molecule has 7 amide bonds. The van der Waals surface area contributed by atoms with Gasteiger partial charge in [0.05, 0.1) is 19.5 Å². The highest BCUT2D eigenvalue weighted by atomic mass is 16.4. The van der Waals surface area contributed by atoms with E-state index in [0.717, 1.165) is 21.2 Å². The molecule has 0 radical (unpaired) electrons. The highest BCUT2D eigenvalue weighted by Gasteiger charge is 2.33. The summed E-state index contributed by atoms with van der Waals surface area (Å²) in [5.41, 5.74) is 14.5. The number of carboxylic acids is 1. The highest BCUT2D eigenvalue weighted by molar-refractivity contribution is 5.98. The third kappa shape index (κ3) is 24.5. The van der Waals surface area contributed by atoms with E-state index in [1.165, 1.54) is 24.3 Å². The number of H-pyrrole nitrogens is 1. The predicted octanol–water partition coefficient (Wildman–Crippen LogP) is -0.473. The van der Waals surface area contributed by atoms with Crippen molar-refractivity contribution in [3.05, 3.63) is 91.8 Å². The number of carboxylic acid groups (broad SMARTS) is 1. The maximum absolute atomic E-state index is 13.8. The number of amides is 7. The summed E-state index contributed by atoms with van der Waals surface area (Å²) in [7, 11) is 1.37. The first-order chi connectivity index (χ1) is 36.5. The number of aryl methyl sites for hydroxylation is 1. The third-order valence-corrected chi connectivity index (χ3v) is 11.7. The number of hydrogen-bond acceptors (Lipinski definition) is 12. The minimum Gasteiger partial charge on any atom is -0.506 e. The van der Waals surface area contributed by atoms with Gasteiger partial charge in [0.2, 0.25) is 41.4 Å². The van der Waals surface area contributed by atoms with Crippen molar-refractivity contribution in [1.29, 1.82) is 0 Å². The number of aromatic amines is 1. The Morgan fingerprint density at radius 3 is 1.91 bits per heavy atom. The van der Waals surface area contributed by atoms with Gasteiger partial charge in [-0.15, -0.1) is 6.42 Å². The molecule has 1 aliphatic heterocycles. The highest BCUT2D eigenvalue weighted by Crippen LogP contribution is 2.21. The van der Waals surface area contributed by atoms with Gasteiger partial charge in [-0.1, -0.05) is 60.4 Å². The van der Waals surface area contributed by atoms with Crippen LogP contribution in [0.4, 0.5) is 0 Å². The Balaban J connectivity index is 0.000000718. The Kier molecular flexibility index (Phi) is 28.4. The minimum atomic E-state index is -1.60. The Morgan fingerprint density at radius 2 is 1.34 bits per heavy atom. The van der Waals surface area contributed by atoms with Crippen molar-refractivity contribution in [3.8, 4) is 23.8 Å². The van der Waals surface area contributed by atoms with E-state index in [4.69, 9.17) is 17.9 Å². The van der Waals surface area contributed by atoms with Crippen molar-refractivity contribution in [2.24, 2.45) is 23.5 Å². The quantitative estimate of drug-likeness (QED) is 0.0224. The Labute approximate surface area is 446 Å². The SMILES string of the molecule is C#CCNC(=O)CCCC(=O)NCCCC[C@@H]1NC(=O)[C@H](Cc2ccccc2)NC(=O)[C@@H](CC(=O)O)NC(=O)CNC(=O)[C@H](CCCN=C(N)N)NC1=O.CC(C)=C(C)C.CCc1ccc(O)c(-n2[nH]c(=O)n(C)c2=O)c1. The number of aromatic hydroxyl groups is 1. The summed E-state index contributed by atoms with van der Waals surface area (Å²) < 4.78 is 1.98. The number of rotatable bonds is 20. The summed E-state index contributed by atoms with van der Waals surface area (Å²) in [4.78, 5) is 129. The average Bonchev–Trinajstić information content (AvgIpc) is 3.64. The average molecular weight is 1070 g/mol. The van der Waals surface area contributed by atoms with Crippen molar-refractivity contribution in [3.63, 3.8) is 0 Å². The van der Waals surface area contributed by atoms with E-state index >= 15 is 0 Å². The van der Waals surface area contributed by atoms with Gasteiger partial charge in [0.25, 0.3) is 0 Å². The molecule has 1 saturated heterocycles. The second-order valence-corrected chi connectivity index (χ2v) is 18.2. The van der Waals surface area contributed by atoms with Crippen molar-refractivity contribution < 1.29 is 48.6 Å². The van der Waals surface area contributed by atoms with Crippen LogP contribution >= 0.6 is 0 Å². The van der Waals surface area contributed by atoms with Gasteiger partial charge in [0.15, 0.2) is 5.96 Å². The summed E-state index contributed by atoms with van der Waals surface area (Å²) in [6.07, 6.45) is 6.63. The molecule has 14 N–H and O–H groups in total. The number of benzene rings is 2. The van der Waals surface area contributed by atoms with Crippen LogP contribution < -0.4 is 60.1 Å². The lowest BCUT2D eigenvalue weighted by Gasteiger charge is -2.26. The number of terminal acetylenes is 1. The minimum absolute atomic E-state index is 0.0343.